The molecule has 0 fully saturated rings. The molecule has 0 rings (SSSR count). The summed E-state index contributed by atoms with van der Waals surface area (Å²) < 4.78 is 0. The Kier molecular flexibility index (Phi) is 8.91. The summed E-state index contributed by atoms with van der Waals surface area (Å²) in [5.74, 6) is 1.67. The lowest BCUT2D eigenvalue weighted by Crippen LogP contribution is -2.33. The van der Waals surface area contributed by atoms with Gasteiger partial charge in [-0.3, -0.25) is 4.79 Å². The Morgan fingerprint density at radius 2 is 2.07 bits per heavy atom. The molecule has 1 amide bonds. The summed E-state index contributed by atoms with van der Waals surface area (Å²) in [6.45, 7) is 6.16. The molecule has 0 aromatic carbocycles. The normalized spacial score (nSPS) is 14.7. The molecule has 0 aromatic rings. The van der Waals surface area contributed by atoms with Crippen LogP contribution in [0.25, 0.3) is 0 Å². The molecule has 3 N–H and O–H groups in total. The largest absolute Gasteiger partial charge is 0.353 e. The number of hydrogen-bond donors (Lipinski definition) is 2. The van der Waals surface area contributed by atoms with E-state index < -0.39 is 0 Å². The Bertz CT molecular complexity index is 174. The lowest BCUT2D eigenvalue weighted by Gasteiger charge is -2.12. The number of carbonyl (C=O) groups is 1. The van der Waals surface area contributed by atoms with E-state index in [1.54, 1.807) is 11.8 Å². The first-order chi connectivity index (χ1) is 7.06. The van der Waals surface area contributed by atoms with Gasteiger partial charge in [-0.15, -0.1) is 0 Å². The third kappa shape index (κ3) is 10.1. The fraction of sp³-hybridized carbons (Fsp3) is 0.909. The summed E-state index contributed by atoms with van der Waals surface area (Å²) in [5, 5.41) is 2.98. The van der Waals surface area contributed by atoms with Gasteiger partial charge in [0.25, 0.3) is 0 Å². The van der Waals surface area contributed by atoms with Crippen molar-refractivity contribution >= 4 is 17.7 Å². The van der Waals surface area contributed by atoms with Crippen molar-refractivity contribution in [1.82, 2.24) is 5.32 Å². The standard InChI is InChI=1S/C11H24N2OS/c1-4-5-10(3)13-11(14)8-15-7-6-9(2)12/h9-10H,4-8,12H2,1-3H3,(H,13,14). The van der Waals surface area contributed by atoms with Crippen LogP contribution in [0.1, 0.15) is 40.0 Å². The van der Waals surface area contributed by atoms with Crippen molar-refractivity contribution in [2.24, 2.45) is 5.73 Å². The van der Waals surface area contributed by atoms with E-state index >= 15 is 0 Å². The molecule has 0 aromatic heterocycles. The fourth-order valence-corrected chi connectivity index (χ4v) is 2.21. The fourth-order valence-electron chi connectivity index (χ4n) is 1.26. The van der Waals surface area contributed by atoms with Gasteiger partial charge in [-0.05, 0) is 32.4 Å². The number of thioether (sulfide) groups is 1. The minimum Gasteiger partial charge on any atom is -0.353 e. The molecule has 2 atom stereocenters. The number of carbonyl (C=O) groups excluding carboxylic acids is 1. The van der Waals surface area contributed by atoms with Crippen LogP contribution in [-0.4, -0.2) is 29.5 Å². The third-order valence-corrected chi connectivity index (χ3v) is 3.07. The zero-order valence-electron chi connectivity index (χ0n) is 10.1. The van der Waals surface area contributed by atoms with E-state index in [0.717, 1.165) is 25.0 Å². The Morgan fingerprint density at radius 3 is 2.60 bits per heavy atom. The topological polar surface area (TPSA) is 55.1 Å². The van der Waals surface area contributed by atoms with Crippen molar-refractivity contribution in [1.29, 1.82) is 0 Å². The highest BCUT2D eigenvalue weighted by atomic mass is 32.2. The number of nitrogens with two attached hydrogens (primary N) is 1. The van der Waals surface area contributed by atoms with Gasteiger partial charge in [0.15, 0.2) is 0 Å². The van der Waals surface area contributed by atoms with Gasteiger partial charge < -0.3 is 11.1 Å². The number of hydrogen-bond acceptors (Lipinski definition) is 3. The Hall–Kier alpha value is -0.220. The second-order valence-corrected chi connectivity index (χ2v) is 5.18. The maximum Gasteiger partial charge on any atom is 0.230 e. The van der Waals surface area contributed by atoms with Crippen molar-refractivity contribution in [2.75, 3.05) is 11.5 Å². The molecule has 0 radical (unpaired) electrons. The molecule has 4 heteroatoms. The van der Waals surface area contributed by atoms with Crippen LogP contribution in [0, 0.1) is 0 Å². The summed E-state index contributed by atoms with van der Waals surface area (Å²) in [4.78, 5) is 11.4. The molecule has 0 saturated carbocycles. The van der Waals surface area contributed by atoms with Crippen LogP contribution < -0.4 is 11.1 Å². The first-order valence-electron chi connectivity index (χ1n) is 5.69. The average Bonchev–Trinajstić information content (AvgIpc) is 2.12. The highest BCUT2D eigenvalue weighted by molar-refractivity contribution is 7.99. The summed E-state index contributed by atoms with van der Waals surface area (Å²) in [6.07, 6.45) is 3.14. The van der Waals surface area contributed by atoms with Crippen LogP contribution in [-0.2, 0) is 4.79 Å². The zero-order valence-corrected chi connectivity index (χ0v) is 10.9. The van der Waals surface area contributed by atoms with E-state index in [1.807, 2.05) is 13.8 Å². The van der Waals surface area contributed by atoms with E-state index in [2.05, 4.69) is 12.2 Å². The smallest absolute Gasteiger partial charge is 0.230 e. The number of amides is 1. The summed E-state index contributed by atoms with van der Waals surface area (Å²) >= 11 is 1.66. The minimum absolute atomic E-state index is 0.144. The Labute approximate surface area is 97.6 Å². The van der Waals surface area contributed by atoms with Crippen LogP contribution in [0.5, 0.6) is 0 Å². The van der Waals surface area contributed by atoms with Gasteiger partial charge in [0, 0.05) is 12.1 Å². The second-order valence-electron chi connectivity index (χ2n) is 4.08. The second kappa shape index (κ2) is 9.04. The first-order valence-corrected chi connectivity index (χ1v) is 6.84. The predicted molar refractivity (Wildman–Crippen MR) is 68.1 cm³/mol. The number of rotatable bonds is 8. The van der Waals surface area contributed by atoms with Crippen molar-refractivity contribution in [2.45, 2.75) is 52.1 Å². The van der Waals surface area contributed by atoms with Crippen molar-refractivity contribution < 1.29 is 4.79 Å². The number of nitrogens with one attached hydrogen (secondary N) is 1. The molecule has 3 nitrogen and oxygen atoms in total. The lowest BCUT2D eigenvalue weighted by atomic mass is 10.2. The van der Waals surface area contributed by atoms with Gasteiger partial charge in [-0.2, -0.15) is 11.8 Å². The monoisotopic (exact) mass is 232 g/mol. The van der Waals surface area contributed by atoms with Gasteiger partial charge in [0.2, 0.25) is 5.91 Å². The Balaban J connectivity index is 3.40. The van der Waals surface area contributed by atoms with Crippen molar-refractivity contribution in [3.63, 3.8) is 0 Å². The molecule has 90 valence electrons. The molecule has 0 heterocycles. The molecule has 15 heavy (non-hydrogen) atoms. The highest BCUT2D eigenvalue weighted by Gasteiger charge is 2.06. The van der Waals surface area contributed by atoms with E-state index in [4.69, 9.17) is 5.73 Å². The maximum atomic E-state index is 11.4. The van der Waals surface area contributed by atoms with Crippen LogP contribution in [0.2, 0.25) is 0 Å². The first kappa shape index (κ1) is 14.8. The molecule has 0 aliphatic carbocycles. The molecule has 0 saturated heterocycles. The quantitative estimate of drug-likeness (QED) is 0.627. The zero-order chi connectivity index (χ0) is 11.7. The van der Waals surface area contributed by atoms with Crippen LogP contribution in [0.3, 0.4) is 0 Å². The van der Waals surface area contributed by atoms with Gasteiger partial charge >= 0.3 is 0 Å². The van der Waals surface area contributed by atoms with E-state index in [1.165, 1.54) is 0 Å². The minimum atomic E-state index is 0.144. The molecule has 0 aliphatic heterocycles. The van der Waals surface area contributed by atoms with Crippen LogP contribution in [0.4, 0.5) is 0 Å². The molecule has 0 bridgehead atoms. The summed E-state index contributed by atoms with van der Waals surface area (Å²) in [6, 6.07) is 0.538. The van der Waals surface area contributed by atoms with E-state index in [0.29, 0.717) is 11.8 Å². The highest BCUT2D eigenvalue weighted by Crippen LogP contribution is 2.04. The van der Waals surface area contributed by atoms with Gasteiger partial charge in [0.1, 0.15) is 0 Å². The van der Waals surface area contributed by atoms with Gasteiger partial charge in [0.05, 0.1) is 5.75 Å². The average molecular weight is 232 g/mol. The predicted octanol–water partition coefficient (Wildman–Crippen LogP) is 1.76. The SMILES string of the molecule is CCCC(C)NC(=O)CSCCC(C)N. The van der Waals surface area contributed by atoms with Crippen molar-refractivity contribution in [3.05, 3.63) is 0 Å². The maximum absolute atomic E-state index is 11.4. The van der Waals surface area contributed by atoms with E-state index in [-0.39, 0.29) is 11.9 Å². The molecule has 2 unspecified atom stereocenters. The molecular formula is C11H24N2OS. The molecule has 0 aliphatic rings. The summed E-state index contributed by atoms with van der Waals surface area (Å²) in [7, 11) is 0. The van der Waals surface area contributed by atoms with Crippen LogP contribution in [0.15, 0.2) is 0 Å². The Morgan fingerprint density at radius 1 is 1.40 bits per heavy atom. The molecule has 0 spiro atoms. The van der Waals surface area contributed by atoms with Crippen LogP contribution >= 0.6 is 11.8 Å². The molecular weight excluding hydrogens is 208 g/mol. The van der Waals surface area contributed by atoms with E-state index in [9.17, 15) is 4.79 Å². The third-order valence-electron chi connectivity index (χ3n) is 2.08. The summed E-state index contributed by atoms with van der Waals surface area (Å²) in [5.41, 5.74) is 5.62. The van der Waals surface area contributed by atoms with Gasteiger partial charge in [-0.25, -0.2) is 0 Å². The van der Waals surface area contributed by atoms with Gasteiger partial charge in [-0.1, -0.05) is 13.3 Å². The lowest BCUT2D eigenvalue weighted by molar-refractivity contribution is -0.119. The van der Waals surface area contributed by atoms with Crippen molar-refractivity contribution in [3.8, 4) is 0 Å².